The Morgan fingerprint density at radius 3 is 2.85 bits per heavy atom. The summed E-state index contributed by atoms with van der Waals surface area (Å²) in [5, 5.41) is 0. The zero-order chi connectivity index (χ0) is 9.84. The van der Waals surface area contributed by atoms with Gasteiger partial charge in [0.05, 0.1) is 0 Å². The van der Waals surface area contributed by atoms with Gasteiger partial charge in [-0.05, 0) is 51.4 Å². The lowest BCUT2D eigenvalue weighted by molar-refractivity contribution is 0.347. The highest BCUT2D eigenvalue weighted by Crippen LogP contribution is 2.33. The Kier molecular flexibility index (Phi) is 3.77. The molecule has 0 aliphatic heterocycles. The molecule has 0 aromatic rings. The van der Waals surface area contributed by atoms with E-state index >= 15 is 0 Å². The fourth-order valence-corrected chi connectivity index (χ4v) is 2.29. The second-order valence-electron chi connectivity index (χ2n) is 4.61. The molecule has 0 saturated carbocycles. The smallest absolute Gasteiger partial charge is 0.0177 e. The molecule has 0 aromatic heterocycles. The number of allylic oxidation sites excluding steroid dienone is 3. The Hall–Kier alpha value is -0.520. The molecule has 0 amide bonds. The molecule has 0 nitrogen and oxygen atoms in total. The molecule has 2 atom stereocenters. The van der Waals surface area contributed by atoms with Crippen LogP contribution in [-0.4, -0.2) is 0 Å². The lowest BCUT2D eigenvalue weighted by Gasteiger charge is -2.28. The average molecular weight is 178 g/mol. The van der Waals surface area contributed by atoms with Crippen LogP contribution in [0.25, 0.3) is 0 Å². The van der Waals surface area contributed by atoms with E-state index < -0.39 is 0 Å². The minimum Gasteiger partial charge on any atom is -0.100 e. The molecule has 0 fully saturated rings. The highest BCUT2D eigenvalue weighted by atomic mass is 14.3. The van der Waals surface area contributed by atoms with Crippen LogP contribution in [0, 0.1) is 11.8 Å². The van der Waals surface area contributed by atoms with Crippen LogP contribution in [0.1, 0.15) is 46.5 Å². The van der Waals surface area contributed by atoms with Crippen molar-refractivity contribution in [2.45, 2.75) is 46.5 Å². The summed E-state index contributed by atoms with van der Waals surface area (Å²) in [7, 11) is 0. The lowest BCUT2D eigenvalue weighted by atomic mass is 9.77. The first-order valence-corrected chi connectivity index (χ1v) is 5.42. The highest BCUT2D eigenvalue weighted by Gasteiger charge is 2.21. The zero-order valence-corrected chi connectivity index (χ0v) is 9.27. The van der Waals surface area contributed by atoms with Gasteiger partial charge in [0.25, 0.3) is 0 Å². The maximum atomic E-state index is 3.97. The maximum absolute atomic E-state index is 3.97. The van der Waals surface area contributed by atoms with E-state index in [0.717, 1.165) is 11.8 Å². The van der Waals surface area contributed by atoms with Crippen molar-refractivity contribution in [1.82, 2.24) is 0 Å². The van der Waals surface area contributed by atoms with E-state index in [1.54, 1.807) is 5.57 Å². The van der Waals surface area contributed by atoms with Gasteiger partial charge in [-0.2, -0.15) is 0 Å². The fourth-order valence-electron chi connectivity index (χ4n) is 2.29. The molecular formula is C13H22. The summed E-state index contributed by atoms with van der Waals surface area (Å²) in [6.45, 7) is 10.8. The van der Waals surface area contributed by atoms with Crippen molar-refractivity contribution in [2.24, 2.45) is 11.8 Å². The third-order valence-corrected chi connectivity index (χ3v) is 3.24. The van der Waals surface area contributed by atoms with Crippen molar-refractivity contribution in [2.75, 3.05) is 0 Å². The Morgan fingerprint density at radius 1 is 1.62 bits per heavy atom. The maximum Gasteiger partial charge on any atom is -0.0177 e. The van der Waals surface area contributed by atoms with Gasteiger partial charge in [-0.3, -0.25) is 0 Å². The van der Waals surface area contributed by atoms with Crippen molar-refractivity contribution in [1.29, 1.82) is 0 Å². The third kappa shape index (κ3) is 3.02. The van der Waals surface area contributed by atoms with Crippen LogP contribution in [-0.2, 0) is 0 Å². The van der Waals surface area contributed by atoms with Gasteiger partial charge < -0.3 is 0 Å². The van der Waals surface area contributed by atoms with E-state index in [1.807, 2.05) is 0 Å². The van der Waals surface area contributed by atoms with Gasteiger partial charge in [-0.15, -0.1) is 6.58 Å². The largest absolute Gasteiger partial charge is 0.100 e. The highest BCUT2D eigenvalue weighted by molar-refractivity contribution is 5.09. The molecule has 0 bridgehead atoms. The molecule has 0 N–H and O–H groups in total. The summed E-state index contributed by atoms with van der Waals surface area (Å²) in [5.74, 6) is 1.70. The summed E-state index contributed by atoms with van der Waals surface area (Å²) in [6, 6.07) is 0. The molecule has 1 rings (SSSR count). The third-order valence-electron chi connectivity index (χ3n) is 3.24. The Bertz CT molecular complexity index is 210. The first-order valence-electron chi connectivity index (χ1n) is 5.42. The summed E-state index contributed by atoms with van der Waals surface area (Å²) in [5.41, 5.74) is 2.94. The minimum atomic E-state index is 0.824. The standard InChI is InChI=1S/C13H22/c1-10(2)8-9-13-11(3)6-5-7-12(13)4/h6,12-13H,1,5,7-9H2,2-4H3/t12?,13-/m0/s1. The molecular weight excluding hydrogens is 156 g/mol. The molecule has 74 valence electrons. The molecule has 0 saturated heterocycles. The molecule has 0 heteroatoms. The second-order valence-corrected chi connectivity index (χ2v) is 4.61. The van der Waals surface area contributed by atoms with Gasteiger partial charge in [0.2, 0.25) is 0 Å². The molecule has 1 aliphatic rings. The first-order chi connectivity index (χ1) is 6.11. The van der Waals surface area contributed by atoms with Crippen LogP contribution in [0.2, 0.25) is 0 Å². The van der Waals surface area contributed by atoms with E-state index in [1.165, 1.54) is 31.3 Å². The van der Waals surface area contributed by atoms with E-state index in [9.17, 15) is 0 Å². The predicted octanol–water partition coefficient (Wildman–Crippen LogP) is 4.34. The number of hydrogen-bond acceptors (Lipinski definition) is 0. The Balaban J connectivity index is 2.50. The van der Waals surface area contributed by atoms with Crippen molar-refractivity contribution in [3.63, 3.8) is 0 Å². The topological polar surface area (TPSA) is 0 Å². The molecule has 0 spiro atoms. The van der Waals surface area contributed by atoms with Crippen LogP contribution in [0.4, 0.5) is 0 Å². The summed E-state index contributed by atoms with van der Waals surface area (Å²) < 4.78 is 0. The van der Waals surface area contributed by atoms with E-state index in [2.05, 4.69) is 33.4 Å². The monoisotopic (exact) mass is 178 g/mol. The van der Waals surface area contributed by atoms with Gasteiger partial charge in [0.1, 0.15) is 0 Å². The van der Waals surface area contributed by atoms with Crippen molar-refractivity contribution in [3.8, 4) is 0 Å². The van der Waals surface area contributed by atoms with Gasteiger partial charge in [-0.1, -0.05) is 24.1 Å². The molecule has 0 aromatic carbocycles. The minimum absolute atomic E-state index is 0.824. The molecule has 1 unspecified atom stereocenters. The van der Waals surface area contributed by atoms with Crippen LogP contribution in [0.3, 0.4) is 0 Å². The van der Waals surface area contributed by atoms with E-state index in [0.29, 0.717) is 0 Å². The molecule has 0 radical (unpaired) electrons. The van der Waals surface area contributed by atoms with Crippen LogP contribution in [0.15, 0.2) is 23.8 Å². The van der Waals surface area contributed by atoms with Crippen molar-refractivity contribution in [3.05, 3.63) is 23.8 Å². The van der Waals surface area contributed by atoms with Crippen LogP contribution < -0.4 is 0 Å². The van der Waals surface area contributed by atoms with Gasteiger partial charge in [-0.25, -0.2) is 0 Å². The van der Waals surface area contributed by atoms with E-state index in [4.69, 9.17) is 0 Å². The SMILES string of the molecule is C=C(C)CC[C@H]1C(C)=CCCC1C. The summed E-state index contributed by atoms with van der Waals surface area (Å²) >= 11 is 0. The van der Waals surface area contributed by atoms with E-state index in [-0.39, 0.29) is 0 Å². The van der Waals surface area contributed by atoms with Gasteiger partial charge in [0.15, 0.2) is 0 Å². The summed E-state index contributed by atoms with van der Waals surface area (Å²) in [4.78, 5) is 0. The zero-order valence-electron chi connectivity index (χ0n) is 9.27. The van der Waals surface area contributed by atoms with Gasteiger partial charge in [0, 0.05) is 0 Å². The summed E-state index contributed by atoms with van der Waals surface area (Å²) in [6.07, 6.45) is 7.58. The molecule has 13 heavy (non-hydrogen) atoms. The quantitative estimate of drug-likeness (QED) is 0.564. The van der Waals surface area contributed by atoms with Crippen molar-refractivity contribution < 1.29 is 0 Å². The Labute approximate surface area is 82.7 Å². The second kappa shape index (κ2) is 4.64. The van der Waals surface area contributed by atoms with Crippen molar-refractivity contribution >= 4 is 0 Å². The van der Waals surface area contributed by atoms with Gasteiger partial charge >= 0.3 is 0 Å². The number of hydrogen-bond donors (Lipinski definition) is 0. The first kappa shape index (κ1) is 10.6. The van der Waals surface area contributed by atoms with Crippen LogP contribution in [0.5, 0.6) is 0 Å². The molecule has 1 aliphatic carbocycles. The van der Waals surface area contributed by atoms with Crippen LogP contribution >= 0.6 is 0 Å². The lowest BCUT2D eigenvalue weighted by Crippen LogP contribution is -2.16. The fraction of sp³-hybridized carbons (Fsp3) is 0.692. The average Bonchev–Trinajstić information content (AvgIpc) is 2.03. The Morgan fingerprint density at radius 2 is 2.31 bits per heavy atom. The predicted molar refractivity (Wildman–Crippen MR) is 59.7 cm³/mol. The number of rotatable bonds is 3. The normalized spacial score (nSPS) is 28.4. The molecule has 0 heterocycles.